The van der Waals surface area contributed by atoms with Crippen molar-refractivity contribution < 1.29 is 0 Å². The van der Waals surface area contributed by atoms with Crippen LogP contribution in [0.2, 0.25) is 15.1 Å². The van der Waals surface area contributed by atoms with Crippen molar-refractivity contribution in [2.45, 2.75) is 0 Å². The Labute approximate surface area is 90.3 Å². The lowest BCUT2D eigenvalue weighted by Gasteiger charge is -2.08. The number of anilines is 1. The highest BCUT2D eigenvalue weighted by Gasteiger charge is 2.09. The Hall–Kier alpha value is -0.640. The minimum absolute atomic E-state index is 0.244. The van der Waals surface area contributed by atoms with Crippen molar-refractivity contribution in [1.29, 1.82) is 5.41 Å². The lowest BCUT2D eigenvalue weighted by Crippen LogP contribution is -2.20. The Balaban J connectivity index is 3.17. The number of halogens is 3. The van der Waals surface area contributed by atoms with Crippen LogP contribution in [0.1, 0.15) is 0 Å². The lowest BCUT2D eigenvalue weighted by molar-refractivity contribution is 1.41. The molecule has 1 rings (SSSR count). The molecule has 0 atom stereocenters. The minimum atomic E-state index is -0.244. The van der Waals surface area contributed by atoms with Crippen molar-refractivity contribution in [2.24, 2.45) is 5.73 Å². The van der Waals surface area contributed by atoms with Crippen LogP contribution in [0, 0.1) is 5.41 Å². The summed E-state index contributed by atoms with van der Waals surface area (Å²) < 4.78 is 0. The summed E-state index contributed by atoms with van der Waals surface area (Å²) in [6, 6.07) is 3.14. The second kappa shape index (κ2) is 4.05. The van der Waals surface area contributed by atoms with Crippen LogP contribution >= 0.6 is 34.8 Å². The highest BCUT2D eigenvalue weighted by atomic mass is 35.5. The third-order valence-electron chi connectivity index (χ3n) is 1.30. The molecule has 0 aliphatic carbocycles. The maximum absolute atomic E-state index is 7.00. The number of rotatable bonds is 1. The van der Waals surface area contributed by atoms with Gasteiger partial charge in [0.2, 0.25) is 0 Å². The summed E-state index contributed by atoms with van der Waals surface area (Å²) >= 11 is 17.3. The van der Waals surface area contributed by atoms with Gasteiger partial charge < -0.3 is 11.1 Å². The fourth-order valence-corrected chi connectivity index (χ4v) is 1.40. The average molecular weight is 239 g/mol. The van der Waals surface area contributed by atoms with Crippen molar-refractivity contribution >= 4 is 46.4 Å². The first-order valence-electron chi connectivity index (χ1n) is 3.27. The van der Waals surface area contributed by atoms with Crippen LogP contribution in [0.25, 0.3) is 0 Å². The predicted molar refractivity (Wildman–Crippen MR) is 57.0 cm³/mol. The molecule has 6 heteroatoms. The quantitative estimate of drug-likeness (QED) is 0.400. The van der Waals surface area contributed by atoms with Gasteiger partial charge in [0.1, 0.15) is 0 Å². The molecule has 0 saturated heterocycles. The fourth-order valence-electron chi connectivity index (χ4n) is 0.776. The number of hydrogen-bond donors (Lipinski definition) is 3. The fraction of sp³-hybridized carbons (Fsp3) is 0. The summed E-state index contributed by atoms with van der Waals surface area (Å²) in [7, 11) is 0. The maximum Gasteiger partial charge on any atom is 0.190 e. The molecule has 0 saturated carbocycles. The number of nitrogens with one attached hydrogen (secondary N) is 2. The van der Waals surface area contributed by atoms with E-state index in [0.717, 1.165) is 0 Å². The molecule has 70 valence electrons. The van der Waals surface area contributed by atoms with Crippen molar-refractivity contribution in [2.75, 3.05) is 5.32 Å². The molecule has 0 unspecified atom stereocenters. The van der Waals surface area contributed by atoms with E-state index in [9.17, 15) is 0 Å². The zero-order valence-electron chi connectivity index (χ0n) is 6.37. The standard InChI is InChI=1S/C7H6Cl3N3/c8-3-1-2-4(9)6(5(3)10)13-7(11)12/h1-2H,(H4,11,12,13). The summed E-state index contributed by atoms with van der Waals surface area (Å²) in [6.07, 6.45) is 0. The molecule has 1 aromatic carbocycles. The molecular weight excluding hydrogens is 232 g/mol. The smallest absolute Gasteiger partial charge is 0.190 e. The molecule has 0 spiro atoms. The van der Waals surface area contributed by atoms with Gasteiger partial charge in [-0.05, 0) is 12.1 Å². The molecule has 4 N–H and O–H groups in total. The van der Waals surface area contributed by atoms with Gasteiger partial charge in [0.15, 0.2) is 5.96 Å². The van der Waals surface area contributed by atoms with Crippen molar-refractivity contribution in [3.05, 3.63) is 27.2 Å². The summed E-state index contributed by atoms with van der Waals surface area (Å²) in [5, 5.41) is 10.5. The van der Waals surface area contributed by atoms with Gasteiger partial charge in [0.25, 0.3) is 0 Å². The van der Waals surface area contributed by atoms with Gasteiger partial charge in [-0.2, -0.15) is 0 Å². The van der Waals surface area contributed by atoms with Crippen molar-refractivity contribution in [3.63, 3.8) is 0 Å². The lowest BCUT2D eigenvalue weighted by atomic mass is 10.3. The van der Waals surface area contributed by atoms with E-state index in [0.29, 0.717) is 15.7 Å². The molecule has 0 aliphatic heterocycles. The number of nitrogens with two attached hydrogens (primary N) is 1. The second-order valence-corrected chi connectivity index (χ2v) is 3.45. The third-order valence-corrected chi connectivity index (χ3v) is 2.42. The second-order valence-electron chi connectivity index (χ2n) is 2.26. The molecule has 1 aromatic rings. The first-order valence-corrected chi connectivity index (χ1v) is 4.40. The van der Waals surface area contributed by atoms with E-state index < -0.39 is 0 Å². The highest BCUT2D eigenvalue weighted by Crippen LogP contribution is 2.35. The Bertz CT molecular complexity index is 351. The first kappa shape index (κ1) is 10.4. The molecule has 3 nitrogen and oxygen atoms in total. The van der Waals surface area contributed by atoms with Crippen LogP contribution in [0.3, 0.4) is 0 Å². The SMILES string of the molecule is N=C(N)Nc1c(Cl)ccc(Cl)c1Cl. The number of hydrogen-bond acceptors (Lipinski definition) is 1. The molecule has 0 fully saturated rings. The van der Waals surface area contributed by atoms with Crippen LogP contribution < -0.4 is 11.1 Å². The van der Waals surface area contributed by atoms with E-state index in [1.165, 1.54) is 0 Å². The zero-order valence-corrected chi connectivity index (χ0v) is 8.63. The molecule has 13 heavy (non-hydrogen) atoms. The van der Waals surface area contributed by atoms with E-state index in [2.05, 4.69) is 5.32 Å². The topological polar surface area (TPSA) is 61.9 Å². The van der Waals surface area contributed by atoms with Gasteiger partial charge in [-0.1, -0.05) is 34.8 Å². The van der Waals surface area contributed by atoms with E-state index in [4.69, 9.17) is 45.9 Å². The van der Waals surface area contributed by atoms with Crippen LogP contribution in [-0.4, -0.2) is 5.96 Å². The van der Waals surface area contributed by atoms with E-state index in [1.807, 2.05) is 0 Å². The number of guanidine groups is 1. The van der Waals surface area contributed by atoms with Crippen molar-refractivity contribution in [1.82, 2.24) is 0 Å². The molecule has 0 heterocycles. The first-order chi connectivity index (χ1) is 6.02. The predicted octanol–water partition coefficient (Wildman–Crippen LogP) is 2.95. The van der Waals surface area contributed by atoms with Gasteiger partial charge in [-0.25, -0.2) is 0 Å². The van der Waals surface area contributed by atoms with Gasteiger partial charge in [-0.3, -0.25) is 5.41 Å². The van der Waals surface area contributed by atoms with Gasteiger partial charge >= 0.3 is 0 Å². The summed E-state index contributed by atoms with van der Waals surface area (Å²) in [5.74, 6) is -0.244. The van der Waals surface area contributed by atoms with Crippen molar-refractivity contribution in [3.8, 4) is 0 Å². The Morgan fingerprint density at radius 3 is 2.31 bits per heavy atom. The number of benzene rings is 1. The van der Waals surface area contributed by atoms with Crippen LogP contribution in [0.4, 0.5) is 5.69 Å². The van der Waals surface area contributed by atoms with Crippen LogP contribution in [0.15, 0.2) is 12.1 Å². The monoisotopic (exact) mass is 237 g/mol. The van der Waals surface area contributed by atoms with Crippen LogP contribution in [0.5, 0.6) is 0 Å². The molecular formula is C7H6Cl3N3. The van der Waals surface area contributed by atoms with E-state index >= 15 is 0 Å². The average Bonchev–Trinajstić information content (AvgIpc) is 2.05. The van der Waals surface area contributed by atoms with Gasteiger partial charge in [-0.15, -0.1) is 0 Å². The normalized spacial score (nSPS) is 9.77. The van der Waals surface area contributed by atoms with Gasteiger partial charge in [0, 0.05) is 0 Å². The third kappa shape index (κ3) is 2.40. The largest absolute Gasteiger partial charge is 0.370 e. The summed E-state index contributed by atoms with van der Waals surface area (Å²) in [5.41, 5.74) is 5.47. The Morgan fingerprint density at radius 2 is 1.77 bits per heavy atom. The molecule has 0 aromatic heterocycles. The van der Waals surface area contributed by atoms with Gasteiger partial charge in [0.05, 0.1) is 20.8 Å². The zero-order chi connectivity index (χ0) is 10.0. The Kier molecular flexibility index (Phi) is 3.25. The molecule has 0 amide bonds. The van der Waals surface area contributed by atoms with E-state index in [-0.39, 0.29) is 11.0 Å². The van der Waals surface area contributed by atoms with Crippen LogP contribution in [-0.2, 0) is 0 Å². The summed E-state index contributed by atoms with van der Waals surface area (Å²) in [6.45, 7) is 0. The van der Waals surface area contributed by atoms with E-state index in [1.54, 1.807) is 12.1 Å². The molecule has 0 aliphatic rings. The Morgan fingerprint density at radius 1 is 1.23 bits per heavy atom. The minimum Gasteiger partial charge on any atom is -0.370 e. The molecule has 0 radical (unpaired) electrons. The highest BCUT2D eigenvalue weighted by molar-refractivity contribution is 6.46. The molecule has 0 bridgehead atoms. The maximum atomic E-state index is 7.00. The summed E-state index contributed by atoms with van der Waals surface area (Å²) in [4.78, 5) is 0.